The van der Waals surface area contributed by atoms with Crippen LogP contribution in [0.1, 0.15) is 26.5 Å². The summed E-state index contributed by atoms with van der Waals surface area (Å²) in [5.74, 6) is 6.90. The number of hydrogen-bond acceptors (Lipinski definition) is 8. The van der Waals surface area contributed by atoms with E-state index in [2.05, 4.69) is 27.5 Å². The van der Waals surface area contributed by atoms with Crippen LogP contribution in [0.5, 0.6) is 0 Å². The Labute approximate surface area is 179 Å². The van der Waals surface area contributed by atoms with Gasteiger partial charge in [-0.15, -0.1) is 0 Å². The first kappa shape index (κ1) is 20.4. The summed E-state index contributed by atoms with van der Waals surface area (Å²) in [6, 6.07) is 9.44. The Kier molecular flexibility index (Phi) is 5.09. The maximum atomic E-state index is 10.1. The topological polar surface area (TPSA) is 128 Å². The third-order valence-electron chi connectivity index (χ3n) is 4.66. The highest BCUT2D eigenvalue weighted by atomic mass is 16.6. The second-order valence-electron chi connectivity index (χ2n) is 7.55. The van der Waals surface area contributed by atoms with E-state index in [0.717, 1.165) is 11.1 Å². The van der Waals surface area contributed by atoms with Gasteiger partial charge in [0.05, 0.1) is 11.2 Å². The lowest BCUT2D eigenvalue weighted by Crippen LogP contribution is -2.14. The molecule has 0 amide bonds. The number of aryl methyl sites for hydroxylation is 1. The number of nitrogens with two attached hydrogens (primary N) is 1. The lowest BCUT2D eigenvalue weighted by molar-refractivity contribution is 0.143. The summed E-state index contributed by atoms with van der Waals surface area (Å²) >= 11 is 0. The first-order valence-corrected chi connectivity index (χ1v) is 9.84. The van der Waals surface area contributed by atoms with Gasteiger partial charge in [-0.2, -0.15) is 0 Å². The molecular weight excluding hydrogens is 394 g/mol. The number of hydrogen-bond donors (Lipinski definition) is 3. The minimum Gasteiger partial charge on any atom is -0.399 e. The van der Waals surface area contributed by atoms with E-state index in [1.807, 2.05) is 41.8 Å². The van der Waals surface area contributed by atoms with Gasteiger partial charge in [0.2, 0.25) is 5.82 Å². The molecule has 1 aromatic carbocycles. The molecule has 0 saturated carbocycles. The van der Waals surface area contributed by atoms with E-state index in [4.69, 9.17) is 20.3 Å². The average Bonchev–Trinajstić information content (AvgIpc) is 3.34. The quantitative estimate of drug-likeness (QED) is 0.342. The van der Waals surface area contributed by atoms with E-state index in [0.29, 0.717) is 46.5 Å². The van der Waals surface area contributed by atoms with Gasteiger partial charge in [0.25, 0.3) is 0 Å². The monoisotopic (exact) mass is 417 g/mol. The maximum absolute atomic E-state index is 10.1. The van der Waals surface area contributed by atoms with Gasteiger partial charge >= 0.3 is 0 Å². The molecule has 3 heterocycles. The molecule has 9 heteroatoms. The van der Waals surface area contributed by atoms with Crippen LogP contribution < -0.4 is 11.1 Å². The van der Waals surface area contributed by atoms with Crippen molar-refractivity contribution in [2.24, 2.45) is 0 Å². The van der Waals surface area contributed by atoms with Crippen LogP contribution in [-0.2, 0) is 6.54 Å². The number of rotatable bonds is 4. The molecule has 158 valence electrons. The molecule has 4 aromatic rings. The van der Waals surface area contributed by atoms with Gasteiger partial charge in [0, 0.05) is 24.8 Å². The largest absolute Gasteiger partial charge is 0.399 e. The normalized spacial score (nSPS) is 11.4. The molecule has 0 fully saturated rings. The zero-order valence-corrected chi connectivity index (χ0v) is 17.8. The van der Waals surface area contributed by atoms with Crippen LogP contribution >= 0.6 is 0 Å². The van der Waals surface area contributed by atoms with Gasteiger partial charge in [-0.05, 0) is 55.2 Å². The minimum absolute atomic E-state index is 0.452. The van der Waals surface area contributed by atoms with Crippen molar-refractivity contribution in [1.82, 2.24) is 24.8 Å². The van der Waals surface area contributed by atoms with Gasteiger partial charge < -0.3 is 20.7 Å². The Morgan fingerprint density at radius 3 is 2.71 bits per heavy atom. The molecule has 0 aliphatic rings. The molecule has 0 spiro atoms. The van der Waals surface area contributed by atoms with Crippen molar-refractivity contribution in [3.63, 3.8) is 0 Å². The summed E-state index contributed by atoms with van der Waals surface area (Å²) in [5, 5.41) is 21.0. The predicted octanol–water partition coefficient (Wildman–Crippen LogP) is 2.91. The predicted molar refractivity (Wildman–Crippen MR) is 119 cm³/mol. The number of benzene rings is 1. The highest BCUT2D eigenvalue weighted by Gasteiger charge is 2.22. The highest BCUT2D eigenvalue weighted by Crippen LogP contribution is 2.31. The number of pyridine rings is 1. The van der Waals surface area contributed by atoms with Crippen LogP contribution in [0.15, 0.2) is 35.0 Å². The van der Waals surface area contributed by atoms with Crippen LogP contribution in [-0.4, -0.2) is 42.6 Å². The number of imidazole rings is 1. The summed E-state index contributed by atoms with van der Waals surface area (Å²) in [6.07, 6.45) is 0. The fraction of sp³-hybridized carbons (Fsp3) is 0.273. The second kappa shape index (κ2) is 7.74. The molecule has 31 heavy (non-hydrogen) atoms. The van der Waals surface area contributed by atoms with Crippen molar-refractivity contribution < 1.29 is 9.74 Å². The van der Waals surface area contributed by atoms with Gasteiger partial charge in [-0.1, -0.05) is 18.1 Å². The molecule has 0 aliphatic carbocycles. The number of fused-ring (bicyclic) bond motifs is 1. The van der Waals surface area contributed by atoms with Crippen LogP contribution in [0.25, 0.3) is 33.8 Å². The van der Waals surface area contributed by atoms with E-state index in [-0.39, 0.29) is 0 Å². The number of nitrogens with one attached hydrogen (secondary N) is 1. The summed E-state index contributed by atoms with van der Waals surface area (Å²) < 4.78 is 6.91. The van der Waals surface area contributed by atoms with Crippen molar-refractivity contribution in [1.29, 1.82) is 0 Å². The van der Waals surface area contributed by atoms with Crippen LogP contribution in [0.3, 0.4) is 0 Å². The first-order chi connectivity index (χ1) is 14.8. The Balaban J connectivity index is 2.04. The molecule has 0 unspecified atom stereocenters. The number of anilines is 2. The van der Waals surface area contributed by atoms with Gasteiger partial charge in [-0.3, -0.25) is 0 Å². The molecule has 0 atom stereocenters. The lowest BCUT2D eigenvalue weighted by atomic mass is 10.1. The average molecular weight is 417 g/mol. The summed E-state index contributed by atoms with van der Waals surface area (Å²) in [5.41, 5.74) is 9.38. The smallest absolute Gasteiger partial charge is 0.201 e. The number of aliphatic hydroxyl groups is 1. The van der Waals surface area contributed by atoms with Crippen molar-refractivity contribution in [2.45, 2.75) is 32.9 Å². The molecular formula is C22H23N7O2. The first-order valence-electron chi connectivity index (χ1n) is 9.84. The van der Waals surface area contributed by atoms with Crippen LogP contribution in [0.4, 0.5) is 11.5 Å². The van der Waals surface area contributed by atoms with Crippen LogP contribution in [0.2, 0.25) is 0 Å². The van der Waals surface area contributed by atoms with E-state index in [1.54, 1.807) is 20.9 Å². The van der Waals surface area contributed by atoms with E-state index >= 15 is 0 Å². The Hall–Kier alpha value is -3.90. The van der Waals surface area contributed by atoms with Gasteiger partial charge in [0.15, 0.2) is 11.5 Å². The third-order valence-corrected chi connectivity index (χ3v) is 4.66. The lowest BCUT2D eigenvalue weighted by Gasteiger charge is -2.08. The summed E-state index contributed by atoms with van der Waals surface area (Å²) in [7, 11) is 1.74. The second-order valence-corrected chi connectivity index (χ2v) is 7.55. The molecule has 0 radical (unpaired) electrons. The molecule has 0 aliphatic heterocycles. The Morgan fingerprint density at radius 2 is 2.03 bits per heavy atom. The SMILES string of the molecule is CCn1c(-c2nonc2NC)nc2c(C#CC(C)(C)O)nc(-c3cccc(N)c3)cc21. The zero-order valence-electron chi connectivity index (χ0n) is 17.8. The van der Waals surface area contributed by atoms with E-state index in [9.17, 15) is 5.11 Å². The van der Waals surface area contributed by atoms with Crippen molar-refractivity contribution in [3.8, 4) is 34.6 Å². The third kappa shape index (κ3) is 3.93. The summed E-state index contributed by atoms with van der Waals surface area (Å²) in [6.45, 7) is 5.88. The number of nitrogen functional groups attached to an aromatic ring is 1. The Bertz CT molecular complexity index is 1320. The standard InChI is InChI=1S/C22H23N7O2/c1-5-29-17-12-16(13-7-6-8-14(23)11-13)25-15(9-10-22(2,3)30)18(17)26-21(29)19-20(24-4)28-31-27-19/h6-8,11-12,30H,5,23H2,1-4H3,(H,24,28). The van der Waals surface area contributed by atoms with Gasteiger partial charge in [0.1, 0.15) is 16.8 Å². The number of aromatic nitrogens is 5. The molecule has 4 rings (SSSR count). The van der Waals surface area contributed by atoms with E-state index < -0.39 is 5.60 Å². The van der Waals surface area contributed by atoms with E-state index in [1.165, 1.54) is 0 Å². The number of nitrogens with zero attached hydrogens (tertiary/aromatic N) is 5. The molecule has 0 saturated heterocycles. The molecule has 9 nitrogen and oxygen atoms in total. The Morgan fingerprint density at radius 1 is 1.23 bits per heavy atom. The molecule has 3 aromatic heterocycles. The molecule has 0 bridgehead atoms. The fourth-order valence-corrected chi connectivity index (χ4v) is 3.27. The van der Waals surface area contributed by atoms with Crippen LogP contribution in [0, 0.1) is 11.8 Å². The fourth-order valence-electron chi connectivity index (χ4n) is 3.27. The van der Waals surface area contributed by atoms with Crippen molar-refractivity contribution in [2.75, 3.05) is 18.1 Å². The highest BCUT2D eigenvalue weighted by molar-refractivity contribution is 5.88. The zero-order chi connectivity index (χ0) is 22.2. The molecule has 4 N–H and O–H groups in total. The maximum Gasteiger partial charge on any atom is 0.201 e. The van der Waals surface area contributed by atoms with Crippen molar-refractivity contribution in [3.05, 3.63) is 36.0 Å². The van der Waals surface area contributed by atoms with Crippen molar-refractivity contribution >= 4 is 22.5 Å². The summed E-state index contributed by atoms with van der Waals surface area (Å²) in [4.78, 5) is 9.51. The minimum atomic E-state index is -1.17. The van der Waals surface area contributed by atoms with Gasteiger partial charge in [-0.25, -0.2) is 14.6 Å².